The summed E-state index contributed by atoms with van der Waals surface area (Å²) in [5.74, 6) is 0. The number of pyridine rings is 1. The van der Waals surface area contributed by atoms with E-state index in [9.17, 15) is 40.5 Å². The van der Waals surface area contributed by atoms with Gasteiger partial charge in [-0.25, -0.2) is 4.98 Å². The molecule has 1 heterocycles. The Balaban J connectivity index is 1.71. The molecule has 2 aromatic carbocycles. The number of nitrogens with one attached hydrogen (secondary N) is 2. The van der Waals surface area contributed by atoms with Crippen LogP contribution in [0.1, 0.15) is 11.4 Å². The van der Waals surface area contributed by atoms with E-state index in [0.29, 0.717) is 11.4 Å². The third kappa shape index (κ3) is 6.13. The van der Waals surface area contributed by atoms with Gasteiger partial charge < -0.3 is 0 Å². The number of hydrogen-bond acceptors (Lipinski definition) is 13. The molecule has 0 unspecified atom stereocenters. The summed E-state index contributed by atoms with van der Waals surface area (Å²) in [6.07, 6.45) is 2.47. The normalized spacial score (nSPS) is 10.9. The topological polar surface area (TPSA) is 234 Å². The smallest absolute Gasteiger partial charge is 0.272 e. The van der Waals surface area contributed by atoms with Gasteiger partial charge in [-0.1, -0.05) is 6.07 Å². The van der Waals surface area contributed by atoms with Gasteiger partial charge in [0.15, 0.2) is 0 Å². The first-order valence-corrected chi connectivity index (χ1v) is 9.56. The minimum Gasteiger partial charge on any atom is -0.272 e. The molecule has 0 aliphatic carbocycles. The van der Waals surface area contributed by atoms with Gasteiger partial charge in [-0.2, -0.15) is 10.2 Å². The first-order chi connectivity index (χ1) is 17.2. The molecule has 17 nitrogen and oxygen atoms in total. The van der Waals surface area contributed by atoms with Crippen LogP contribution in [0.15, 0.2) is 64.8 Å². The number of anilines is 2. The van der Waals surface area contributed by atoms with Gasteiger partial charge in [-0.05, 0) is 24.3 Å². The fourth-order valence-electron chi connectivity index (χ4n) is 2.71. The third-order valence-electron chi connectivity index (χ3n) is 4.33. The average Bonchev–Trinajstić information content (AvgIpc) is 2.84. The highest BCUT2D eigenvalue weighted by Gasteiger charge is 2.20. The van der Waals surface area contributed by atoms with Gasteiger partial charge in [-0.3, -0.25) is 51.3 Å². The van der Waals surface area contributed by atoms with Crippen molar-refractivity contribution in [1.29, 1.82) is 0 Å². The van der Waals surface area contributed by atoms with Crippen molar-refractivity contribution in [3.8, 4) is 0 Å². The Labute approximate surface area is 199 Å². The van der Waals surface area contributed by atoms with Gasteiger partial charge in [0.2, 0.25) is 0 Å². The highest BCUT2D eigenvalue weighted by Crippen LogP contribution is 2.29. The zero-order valence-corrected chi connectivity index (χ0v) is 17.7. The summed E-state index contributed by atoms with van der Waals surface area (Å²) in [5.41, 5.74) is 3.34. The maximum absolute atomic E-state index is 11.2. The van der Waals surface area contributed by atoms with Gasteiger partial charge in [-0.15, -0.1) is 0 Å². The first kappa shape index (κ1) is 24.8. The molecule has 0 aliphatic heterocycles. The largest absolute Gasteiger partial charge is 0.301 e. The number of rotatable bonds is 10. The average molecular weight is 495 g/mol. The molecule has 1 aromatic heterocycles. The minimum absolute atomic E-state index is 0.0755. The summed E-state index contributed by atoms with van der Waals surface area (Å²) in [5, 5.41) is 51.7. The van der Waals surface area contributed by atoms with Crippen molar-refractivity contribution in [2.75, 3.05) is 10.9 Å². The van der Waals surface area contributed by atoms with Crippen LogP contribution in [0.2, 0.25) is 0 Å². The van der Waals surface area contributed by atoms with Crippen LogP contribution in [0.4, 0.5) is 34.1 Å². The SMILES string of the molecule is O=[N+]([O-])c1ccc(NN=Cc2cccc(/C=N/Nc3ccc([N+](=O)[O-])cc3[N+](=O)[O-])n2)c([N+](=O)[O-])c1. The van der Waals surface area contributed by atoms with Gasteiger partial charge in [0.1, 0.15) is 11.4 Å². The van der Waals surface area contributed by atoms with Crippen LogP contribution in [-0.2, 0) is 0 Å². The number of nitro groups is 4. The van der Waals surface area contributed by atoms with E-state index >= 15 is 0 Å². The zero-order valence-electron chi connectivity index (χ0n) is 17.7. The monoisotopic (exact) mass is 495 g/mol. The summed E-state index contributed by atoms with van der Waals surface area (Å²) in [6, 6.07) is 10.8. The molecule has 0 amide bonds. The van der Waals surface area contributed by atoms with Crippen LogP contribution in [-0.4, -0.2) is 37.1 Å². The van der Waals surface area contributed by atoms with E-state index in [1.54, 1.807) is 18.2 Å². The van der Waals surface area contributed by atoms with Gasteiger partial charge in [0.05, 0.1) is 55.6 Å². The van der Waals surface area contributed by atoms with Crippen molar-refractivity contribution in [1.82, 2.24) is 4.98 Å². The summed E-state index contributed by atoms with van der Waals surface area (Å²) in [7, 11) is 0. The van der Waals surface area contributed by atoms with Crippen molar-refractivity contribution >= 4 is 46.6 Å². The van der Waals surface area contributed by atoms with Crippen molar-refractivity contribution in [3.05, 3.63) is 106 Å². The van der Waals surface area contributed by atoms with Crippen LogP contribution in [0.5, 0.6) is 0 Å². The Morgan fingerprint density at radius 2 is 1.06 bits per heavy atom. The van der Waals surface area contributed by atoms with E-state index in [-0.39, 0.29) is 11.4 Å². The predicted octanol–water partition coefficient (Wildman–Crippen LogP) is 3.61. The lowest BCUT2D eigenvalue weighted by atomic mass is 10.2. The summed E-state index contributed by atoms with van der Waals surface area (Å²) >= 11 is 0. The molecule has 2 N–H and O–H groups in total. The lowest BCUT2D eigenvalue weighted by Gasteiger charge is -2.02. The summed E-state index contributed by atoms with van der Waals surface area (Å²) < 4.78 is 0. The Hall–Kier alpha value is -5.87. The molecule has 3 rings (SSSR count). The second-order valence-corrected chi connectivity index (χ2v) is 6.66. The molecule has 17 heteroatoms. The lowest BCUT2D eigenvalue weighted by molar-refractivity contribution is -0.393. The van der Waals surface area contributed by atoms with Crippen molar-refractivity contribution in [2.24, 2.45) is 10.2 Å². The molecule has 0 spiro atoms. The molecule has 3 aromatic rings. The molecule has 36 heavy (non-hydrogen) atoms. The Morgan fingerprint density at radius 1 is 0.639 bits per heavy atom. The highest BCUT2D eigenvalue weighted by molar-refractivity contribution is 5.83. The van der Waals surface area contributed by atoms with Crippen molar-refractivity contribution in [2.45, 2.75) is 0 Å². The fourth-order valence-corrected chi connectivity index (χ4v) is 2.71. The van der Waals surface area contributed by atoms with Gasteiger partial charge in [0, 0.05) is 12.1 Å². The quantitative estimate of drug-likeness (QED) is 0.234. The second kappa shape index (κ2) is 10.8. The fraction of sp³-hybridized carbons (Fsp3) is 0. The molecule has 0 radical (unpaired) electrons. The third-order valence-corrected chi connectivity index (χ3v) is 4.33. The maximum atomic E-state index is 11.2. The van der Waals surface area contributed by atoms with Crippen LogP contribution < -0.4 is 10.9 Å². The number of nitro benzene ring substituents is 4. The molecular formula is C19H13N9O8. The molecule has 0 saturated heterocycles. The van der Waals surface area contributed by atoms with E-state index in [2.05, 4.69) is 26.0 Å². The van der Waals surface area contributed by atoms with Crippen LogP contribution >= 0.6 is 0 Å². The van der Waals surface area contributed by atoms with Gasteiger partial charge in [0.25, 0.3) is 11.4 Å². The highest BCUT2D eigenvalue weighted by atomic mass is 16.6. The predicted molar refractivity (Wildman–Crippen MR) is 126 cm³/mol. The van der Waals surface area contributed by atoms with Crippen LogP contribution in [0.25, 0.3) is 0 Å². The number of hydrogen-bond donors (Lipinski definition) is 2. The number of aromatic nitrogens is 1. The maximum Gasteiger partial charge on any atom is 0.301 e. The van der Waals surface area contributed by atoms with E-state index < -0.39 is 42.4 Å². The van der Waals surface area contributed by atoms with Crippen LogP contribution in [0.3, 0.4) is 0 Å². The molecule has 0 atom stereocenters. The zero-order chi connectivity index (χ0) is 26.2. The number of non-ortho nitro benzene ring substituents is 2. The number of hydrazone groups is 2. The first-order valence-electron chi connectivity index (χ1n) is 9.56. The standard InChI is InChI=1S/C19H13N9O8/c29-25(30)14-4-6-16(18(8-14)27(33)34)23-20-10-12-2-1-3-13(22-12)11-21-24-17-7-5-15(26(31)32)9-19(17)28(35)36/h1-11,23-24H/b20-10+,21-11?. The van der Waals surface area contributed by atoms with E-state index in [0.717, 1.165) is 36.4 Å². The second-order valence-electron chi connectivity index (χ2n) is 6.66. The molecule has 0 bridgehead atoms. The Kier molecular flexibility index (Phi) is 7.45. The lowest BCUT2D eigenvalue weighted by Crippen LogP contribution is -2.00. The molecule has 0 saturated carbocycles. The molecule has 182 valence electrons. The Morgan fingerprint density at radius 3 is 1.42 bits per heavy atom. The summed E-state index contributed by atoms with van der Waals surface area (Å²) in [6.45, 7) is 0. The minimum atomic E-state index is -0.789. The van der Waals surface area contributed by atoms with Crippen molar-refractivity contribution < 1.29 is 19.7 Å². The van der Waals surface area contributed by atoms with Gasteiger partial charge >= 0.3 is 11.4 Å². The molecule has 0 fully saturated rings. The molecular weight excluding hydrogens is 482 g/mol. The van der Waals surface area contributed by atoms with E-state index in [1.165, 1.54) is 12.4 Å². The molecule has 0 aliphatic rings. The summed E-state index contributed by atoms with van der Waals surface area (Å²) in [4.78, 5) is 45.1. The Bertz CT molecular complexity index is 1320. The van der Waals surface area contributed by atoms with Crippen LogP contribution in [0, 0.1) is 40.5 Å². The van der Waals surface area contributed by atoms with E-state index in [4.69, 9.17) is 0 Å². The van der Waals surface area contributed by atoms with Crippen molar-refractivity contribution in [3.63, 3.8) is 0 Å². The number of nitrogens with zero attached hydrogens (tertiary/aromatic N) is 7. The number of benzene rings is 2. The van der Waals surface area contributed by atoms with E-state index in [1.807, 2.05) is 0 Å².